The van der Waals surface area contributed by atoms with Crippen molar-refractivity contribution < 1.29 is 4.74 Å². The molecule has 1 aromatic carbocycles. The second-order valence-electron chi connectivity index (χ2n) is 5.36. The van der Waals surface area contributed by atoms with Gasteiger partial charge in [-0.05, 0) is 44.6 Å². The quantitative estimate of drug-likeness (QED) is 0.600. The van der Waals surface area contributed by atoms with Crippen LogP contribution in [0.5, 0.6) is 0 Å². The van der Waals surface area contributed by atoms with Crippen molar-refractivity contribution in [2.75, 3.05) is 6.61 Å². The Morgan fingerprint density at radius 3 is 2.78 bits per heavy atom. The van der Waals surface area contributed by atoms with E-state index >= 15 is 0 Å². The van der Waals surface area contributed by atoms with Gasteiger partial charge in [-0.3, -0.25) is 11.3 Å². The SMILES string of the molecule is CC1(C(CCCc2ccccc2)NN)CCCO1. The van der Waals surface area contributed by atoms with Crippen molar-refractivity contribution in [3.8, 4) is 0 Å². The number of aryl methyl sites for hydroxylation is 1. The highest BCUT2D eigenvalue weighted by Gasteiger charge is 2.37. The zero-order valence-electron chi connectivity index (χ0n) is 11.2. The van der Waals surface area contributed by atoms with Crippen molar-refractivity contribution in [1.29, 1.82) is 0 Å². The molecule has 100 valence electrons. The molecule has 0 radical (unpaired) electrons. The third kappa shape index (κ3) is 3.31. The van der Waals surface area contributed by atoms with E-state index < -0.39 is 0 Å². The van der Waals surface area contributed by atoms with E-state index in [1.54, 1.807) is 0 Å². The van der Waals surface area contributed by atoms with E-state index in [-0.39, 0.29) is 11.6 Å². The van der Waals surface area contributed by atoms with Crippen molar-refractivity contribution in [3.63, 3.8) is 0 Å². The highest BCUT2D eigenvalue weighted by atomic mass is 16.5. The summed E-state index contributed by atoms with van der Waals surface area (Å²) in [6.45, 7) is 3.04. The van der Waals surface area contributed by atoms with Gasteiger partial charge in [0.1, 0.15) is 0 Å². The Labute approximate surface area is 110 Å². The van der Waals surface area contributed by atoms with Crippen LogP contribution >= 0.6 is 0 Å². The van der Waals surface area contributed by atoms with Crippen LogP contribution in [0.2, 0.25) is 0 Å². The summed E-state index contributed by atoms with van der Waals surface area (Å²) >= 11 is 0. The number of hydrogen-bond acceptors (Lipinski definition) is 3. The molecule has 3 N–H and O–H groups in total. The molecule has 0 aromatic heterocycles. The van der Waals surface area contributed by atoms with E-state index in [1.807, 2.05) is 0 Å². The molecule has 1 heterocycles. The highest BCUT2D eigenvalue weighted by molar-refractivity contribution is 5.14. The minimum absolute atomic E-state index is 0.0779. The number of ether oxygens (including phenoxy) is 1. The molecule has 2 rings (SSSR count). The summed E-state index contributed by atoms with van der Waals surface area (Å²) in [6, 6.07) is 10.9. The Morgan fingerprint density at radius 1 is 1.39 bits per heavy atom. The van der Waals surface area contributed by atoms with Gasteiger partial charge in [-0.25, -0.2) is 0 Å². The van der Waals surface area contributed by atoms with Crippen molar-refractivity contribution in [2.24, 2.45) is 5.84 Å². The van der Waals surface area contributed by atoms with Crippen LogP contribution in [-0.2, 0) is 11.2 Å². The van der Waals surface area contributed by atoms with Crippen LogP contribution in [0.25, 0.3) is 0 Å². The first-order valence-electron chi connectivity index (χ1n) is 6.88. The molecule has 2 unspecified atom stereocenters. The topological polar surface area (TPSA) is 47.3 Å². The van der Waals surface area contributed by atoms with Gasteiger partial charge in [-0.2, -0.15) is 0 Å². The van der Waals surface area contributed by atoms with Crippen LogP contribution in [-0.4, -0.2) is 18.2 Å². The monoisotopic (exact) mass is 248 g/mol. The fourth-order valence-corrected chi connectivity index (χ4v) is 2.80. The third-order valence-electron chi connectivity index (χ3n) is 3.99. The van der Waals surface area contributed by atoms with Gasteiger partial charge in [0.2, 0.25) is 0 Å². The second-order valence-corrected chi connectivity index (χ2v) is 5.36. The molecule has 0 bridgehead atoms. The lowest BCUT2D eigenvalue weighted by Crippen LogP contribution is -2.51. The van der Waals surface area contributed by atoms with E-state index in [0.29, 0.717) is 0 Å². The maximum atomic E-state index is 5.85. The van der Waals surface area contributed by atoms with Crippen LogP contribution in [0.1, 0.15) is 38.2 Å². The van der Waals surface area contributed by atoms with Crippen LogP contribution in [0.3, 0.4) is 0 Å². The Hall–Kier alpha value is -0.900. The average Bonchev–Trinajstić information content (AvgIpc) is 2.84. The second kappa shape index (κ2) is 6.32. The molecule has 3 nitrogen and oxygen atoms in total. The predicted molar refractivity (Wildman–Crippen MR) is 74.1 cm³/mol. The number of nitrogens with one attached hydrogen (secondary N) is 1. The zero-order chi connectivity index (χ0) is 12.8. The first-order valence-corrected chi connectivity index (χ1v) is 6.88. The Kier molecular flexibility index (Phi) is 4.75. The van der Waals surface area contributed by atoms with E-state index in [1.165, 1.54) is 5.56 Å². The maximum absolute atomic E-state index is 5.85. The highest BCUT2D eigenvalue weighted by Crippen LogP contribution is 2.30. The molecule has 1 aromatic rings. The Morgan fingerprint density at radius 2 is 2.17 bits per heavy atom. The van der Waals surface area contributed by atoms with Gasteiger partial charge >= 0.3 is 0 Å². The summed E-state index contributed by atoms with van der Waals surface area (Å²) in [5.74, 6) is 5.69. The number of hydrazine groups is 1. The molecule has 2 atom stereocenters. The molecule has 0 amide bonds. The number of nitrogens with two attached hydrogens (primary N) is 1. The average molecular weight is 248 g/mol. The number of rotatable bonds is 6. The summed E-state index contributed by atoms with van der Waals surface area (Å²) in [7, 11) is 0. The van der Waals surface area contributed by atoms with Gasteiger partial charge in [0, 0.05) is 12.6 Å². The van der Waals surface area contributed by atoms with Crippen molar-refractivity contribution in [3.05, 3.63) is 35.9 Å². The van der Waals surface area contributed by atoms with Gasteiger partial charge in [0.25, 0.3) is 0 Å². The van der Waals surface area contributed by atoms with E-state index in [4.69, 9.17) is 10.6 Å². The van der Waals surface area contributed by atoms with Gasteiger partial charge in [-0.1, -0.05) is 30.3 Å². The molecule has 1 aliphatic rings. The first-order chi connectivity index (χ1) is 8.74. The van der Waals surface area contributed by atoms with Crippen LogP contribution in [0.15, 0.2) is 30.3 Å². The summed E-state index contributed by atoms with van der Waals surface area (Å²) in [5.41, 5.74) is 4.26. The molecule has 0 spiro atoms. The predicted octanol–water partition coefficient (Wildman–Crippen LogP) is 2.41. The van der Waals surface area contributed by atoms with Gasteiger partial charge < -0.3 is 4.74 Å². The van der Waals surface area contributed by atoms with E-state index in [2.05, 4.69) is 42.7 Å². The Balaban J connectivity index is 1.81. The largest absolute Gasteiger partial charge is 0.374 e. The molecular formula is C15H24N2O. The van der Waals surface area contributed by atoms with Crippen LogP contribution < -0.4 is 11.3 Å². The number of hydrogen-bond donors (Lipinski definition) is 2. The van der Waals surface area contributed by atoms with Crippen LogP contribution in [0.4, 0.5) is 0 Å². The van der Waals surface area contributed by atoms with Crippen LogP contribution in [0, 0.1) is 0 Å². The van der Waals surface area contributed by atoms with E-state index in [9.17, 15) is 0 Å². The summed E-state index contributed by atoms with van der Waals surface area (Å²) < 4.78 is 5.85. The van der Waals surface area contributed by atoms with Crippen molar-refractivity contribution in [1.82, 2.24) is 5.43 Å². The lowest BCUT2D eigenvalue weighted by atomic mass is 9.89. The zero-order valence-corrected chi connectivity index (χ0v) is 11.2. The molecule has 18 heavy (non-hydrogen) atoms. The minimum atomic E-state index is -0.0779. The lowest BCUT2D eigenvalue weighted by Gasteiger charge is -2.32. The van der Waals surface area contributed by atoms with Gasteiger partial charge in [0.05, 0.1) is 5.60 Å². The minimum Gasteiger partial charge on any atom is -0.374 e. The maximum Gasteiger partial charge on any atom is 0.0821 e. The molecule has 1 saturated heterocycles. The molecule has 1 fully saturated rings. The summed E-state index contributed by atoms with van der Waals surface area (Å²) in [6.07, 6.45) is 5.55. The molecule has 0 saturated carbocycles. The van der Waals surface area contributed by atoms with Gasteiger partial charge in [0.15, 0.2) is 0 Å². The fraction of sp³-hybridized carbons (Fsp3) is 0.600. The fourth-order valence-electron chi connectivity index (χ4n) is 2.80. The smallest absolute Gasteiger partial charge is 0.0821 e. The first kappa shape index (κ1) is 13.5. The van der Waals surface area contributed by atoms with Crippen molar-refractivity contribution >= 4 is 0 Å². The molecule has 3 heteroatoms. The Bertz CT molecular complexity index is 347. The van der Waals surface area contributed by atoms with Crippen molar-refractivity contribution in [2.45, 2.75) is 50.7 Å². The summed E-state index contributed by atoms with van der Waals surface area (Å²) in [4.78, 5) is 0. The normalized spacial score (nSPS) is 25.2. The molecule has 0 aliphatic carbocycles. The third-order valence-corrected chi connectivity index (χ3v) is 3.99. The molecule has 1 aliphatic heterocycles. The number of benzene rings is 1. The van der Waals surface area contributed by atoms with E-state index in [0.717, 1.165) is 38.7 Å². The summed E-state index contributed by atoms with van der Waals surface area (Å²) in [5, 5.41) is 0. The standard InChI is InChI=1S/C15H24N2O/c1-15(11-6-12-18-15)14(17-16)10-5-9-13-7-3-2-4-8-13/h2-4,7-8,14,17H,5-6,9-12,16H2,1H3. The molecular weight excluding hydrogens is 224 g/mol. The van der Waals surface area contributed by atoms with Gasteiger partial charge in [-0.15, -0.1) is 0 Å². The lowest BCUT2D eigenvalue weighted by molar-refractivity contribution is -0.0143.